The zero-order valence-electron chi connectivity index (χ0n) is 15.0. The number of azo groups is 1. The summed E-state index contributed by atoms with van der Waals surface area (Å²) in [5, 5.41) is 8.24. The van der Waals surface area contributed by atoms with Crippen LogP contribution in [0, 0.1) is 5.41 Å². The lowest BCUT2D eigenvalue weighted by atomic mass is 9.73. The van der Waals surface area contributed by atoms with Gasteiger partial charge in [0.25, 0.3) is 0 Å². The van der Waals surface area contributed by atoms with Gasteiger partial charge >= 0.3 is 6.09 Å². The van der Waals surface area contributed by atoms with Crippen molar-refractivity contribution < 1.29 is 9.53 Å². The van der Waals surface area contributed by atoms with E-state index in [0.29, 0.717) is 22.9 Å². The molecule has 2 fully saturated rings. The number of carbonyl (C=O) groups excluding carboxylic acids is 1. The van der Waals surface area contributed by atoms with E-state index in [1.165, 1.54) is 0 Å². The van der Waals surface area contributed by atoms with Crippen LogP contribution in [-0.2, 0) is 0 Å². The predicted octanol–water partition coefficient (Wildman–Crippen LogP) is 2.41. The van der Waals surface area contributed by atoms with Gasteiger partial charge < -0.3 is 26.0 Å². The van der Waals surface area contributed by atoms with Gasteiger partial charge in [-0.15, -0.1) is 10.2 Å². The molecule has 4 rings (SSSR count). The van der Waals surface area contributed by atoms with Crippen LogP contribution in [0.2, 0.25) is 0 Å². The topological polar surface area (TPSA) is 122 Å². The van der Waals surface area contributed by atoms with E-state index in [0.717, 1.165) is 26.2 Å². The predicted molar refractivity (Wildman–Crippen MR) is 101 cm³/mol. The van der Waals surface area contributed by atoms with Crippen molar-refractivity contribution in [3.63, 3.8) is 0 Å². The molecule has 0 saturated carbocycles. The average molecular weight is 367 g/mol. The molecule has 0 unspecified atom stereocenters. The fourth-order valence-corrected chi connectivity index (χ4v) is 3.65. The molecule has 0 radical (unpaired) electrons. The number of benzene rings is 1. The molecule has 4 N–H and O–H groups in total. The van der Waals surface area contributed by atoms with E-state index in [-0.39, 0.29) is 17.3 Å². The lowest BCUT2D eigenvalue weighted by Crippen LogP contribution is -2.72. The van der Waals surface area contributed by atoms with Crippen LogP contribution in [0.15, 0.2) is 46.6 Å². The molecular formula is C18H21N7O2. The van der Waals surface area contributed by atoms with Crippen LogP contribution in [0.3, 0.4) is 0 Å². The zero-order valence-corrected chi connectivity index (χ0v) is 15.0. The molecule has 2 saturated heterocycles. The van der Waals surface area contributed by atoms with Crippen molar-refractivity contribution in [1.82, 2.24) is 14.8 Å². The molecule has 2 aliphatic rings. The number of nitrogen functional groups attached to an aromatic ring is 2. The number of ether oxygens (including phenoxy) is 1. The van der Waals surface area contributed by atoms with Crippen molar-refractivity contribution in [3.8, 4) is 5.75 Å². The molecule has 9 heteroatoms. The summed E-state index contributed by atoms with van der Waals surface area (Å²) in [5.74, 6) is 0.843. The van der Waals surface area contributed by atoms with Gasteiger partial charge in [-0.1, -0.05) is 12.1 Å². The molecule has 140 valence electrons. The average Bonchev–Trinajstić information content (AvgIpc) is 2.57. The fourth-order valence-electron chi connectivity index (χ4n) is 3.65. The molecule has 9 nitrogen and oxygen atoms in total. The third-order valence-corrected chi connectivity index (χ3v) is 4.77. The SMILES string of the molecule is CN1CC2(C1)CN(C(=O)Oc1ccccc1N=Nc1ccc(N)nc1N)C2. The van der Waals surface area contributed by atoms with E-state index in [9.17, 15) is 4.79 Å². The molecule has 27 heavy (non-hydrogen) atoms. The van der Waals surface area contributed by atoms with Gasteiger partial charge in [0.05, 0.1) is 0 Å². The summed E-state index contributed by atoms with van der Waals surface area (Å²) in [5.41, 5.74) is 12.4. The summed E-state index contributed by atoms with van der Waals surface area (Å²) in [6.07, 6.45) is -0.369. The van der Waals surface area contributed by atoms with E-state index >= 15 is 0 Å². The molecule has 1 amide bonds. The zero-order chi connectivity index (χ0) is 19.0. The van der Waals surface area contributed by atoms with Crippen molar-refractivity contribution in [2.45, 2.75) is 0 Å². The Morgan fingerprint density at radius 2 is 1.78 bits per heavy atom. The van der Waals surface area contributed by atoms with E-state index in [2.05, 4.69) is 27.2 Å². The van der Waals surface area contributed by atoms with Crippen LogP contribution in [0.25, 0.3) is 0 Å². The van der Waals surface area contributed by atoms with Crippen molar-refractivity contribution in [3.05, 3.63) is 36.4 Å². The lowest BCUT2D eigenvalue weighted by Gasteiger charge is -2.58. The highest BCUT2D eigenvalue weighted by Gasteiger charge is 2.52. The number of aromatic nitrogens is 1. The van der Waals surface area contributed by atoms with Crippen LogP contribution >= 0.6 is 0 Å². The molecule has 1 aromatic heterocycles. The molecule has 0 bridgehead atoms. The number of hydrogen-bond acceptors (Lipinski definition) is 8. The van der Waals surface area contributed by atoms with Gasteiger partial charge in [0.2, 0.25) is 0 Å². The monoisotopic (exact) mass is 367 g/mol. The normalized spacial score (nSPS) is 18.3. The highest BCUT2D eigenvalue weighted by Crippen LogP contribution is 2.39. The molecule has 2 aliphatic heterocycles. The number of nitrogens with zero attached hydrogens (tertiary/aromatic N) is 5. The molecular weight excluding hydrogens is 346 g/mol. The first-order chi connectivity index (χ1) is 12.9. The Morgan fingerprint density at radius 1 is 1.07 bits per heavy atom. The Morgan fingerprint density at radius 3 is 2.48 bits per heavy atom. The Labute approximate surface area is 156 Å². The number of rotatable bonds is 3. The van der Waals surface area contributed by atoms with Crippen molar-refractivity contribution in [2.75, 3.05) is 44.7 Å². The number of para-hydroxylation sites is 1. The first-order valence-corrected chi connectivity index (χ1v) is 8.62. The molecule has 0 aliphatic carbocycles. The van der Waals surface area contributed by atoms with E-state index in [1.54, 1.807) is 41.3 Å². The Kier molecular flexibility index (Phi) is 4.15. The van der Waals surface area contributed by atoms with E-state index < -0.39 is 0 Å². The third kappa shape index (κ3) is 3.41. The number of anilines is 2. The van der Waals surface area contributed by atoms with Crippen molar-refractivity contribution in [2.24, 2.45) is 15.6 Å². The van der Waals surface area contributed by atoms with Crippen molar-refractivity contribution >= 4 is 29.1 Å². The lowest BCUT2D eigenvalue weighted by molar-refractivity contribution is -0.0891. The highest BCUT2D eigenvalue weighted by atomic mass is 16.6. The van der Waals surface area contributed by atoms with Gasteiger partial charge in [-0.3, -0.25) is 0 Å². The van der Waals surface area contributed by atoms with Gasteiger partial charge in [-0.2, -0.15) is 0 Å². The van der Waals surface area contributed by atoms with Crippen LogP contribution in [0.1, 0.15) is 0 Å². The van der Waals surface area contributed by atoms with Crippen LogP contribution in [0.4, 0.5) is 27.8 Å². The second-order valence-corrected chi connectivity index (χ2v) is 7.20. The van der Waals surface area contributed by atoms with Crippen LogP contribution in [-0.4, -0.2) is 54.1 Å². The van der Waals surface area contributed by atoms with Crippen LogP contribution < -0.4 is 16.2 Å². The number of likely N-dealkylation sites (tertiary alicyclic amines) is 2. The third-order valence-electron chi connectivity index (χ3n) is 4.77. The fraction of sp³-hybridized carbons (Fsp3) is 0.333. The maximum absolute atomic E-state index is 12.4. The van der Waals surface area contributed by atoms with E-state index in [1.807, 2.05) is 0 Å². The number of hydrogen-bond donors (Lipinski definition) is 2. The minimum Gasteiger partial charge on any atom is -0.408 e. The van der Waals surface area contributed by atoms with Gasteiger partial charge in [-0.05, 0) is 31.3 Å². The summed E-state index contributed by atoms with van der Waals surface area (Å²) in [6.45, 7) is 3.51. The highest BCUT2D eigenvalue weighted by molar-refractivity contribution is 5.74. The molecule has 1 aromatic carbocycles. The largest absolute Gasteiger partial charge is 0.415 e. The van der Waals surface area contributed by atoms with E-state index in [4.69, 9.17) is 16.2 Å². The Bertz CT molecular complexity index is 900. The van der Waals surface area contributed by atoms with Gasteiger partial charge in [0.1, 0.15) is 17.2 Å². The second-order valence-electron chi connectivity index (χ2n) is 7.20. The maximum atomic E-state index is 12.4. The van der Waals surface area contributed by atoms with Gasteiger partial charge in [0.15, 0.2) is 11.6 Å². The maximum Gasteiger partial charge on any atom is 0.415 e. The summed E-state index contributed by atoms with van der Waals surface area (Å²) < 4.78 is 5.53. The molecule has 2 aromatic rings. The smallest absolute Gasteiger partial charge is 0.408 e. The minimum atomic E-state index is -0.369. The molecule has 1 spiro atoms. The Balaban J connectivity index is 1.44. The van der Waals surface area contributed by atoms with Crippen molar-refractivity contribution in [1.29, 1.82) is 0 Å². The summed E-state index contributed by atoms with van der Waals surface area (Å²) in [4.78, 5) is 20.3. The molecule has 3 heterocycles. The number of carbonyl (C=O) groups is 1. The summed E-state index contributed by atoms with van der Waals surface area (Å²) in [6, 6.07) is 10.2. The number of pyridine rings is 1. The van der Waals surface area contributed by atoms with Gasteiger partial charge in [0, 0.05) is 31.6 Å². The van der Waals surface area contributed by atoms with Crippen LogP contribution in [0.5, 0.6) is 5.75 Å². The Hall–Kier alpha value is -3.20. The number of nitrogens with two attached hydrogens (primary N) is 2. The molecule has 0 atom stereocenters. The second kappa shape index (κ2) is 6.51. The number of amides is 1. The first kappa shape index (κ1) is 17.2. The minimum absolute atomic E-state index is 0.185. The van der Waals surface area contributed by atoms with Gasteiger partial charge in [-0.25, -0.2) is 9.78 Å². The standard InChI is InChI=1S/C18H21N7O2/c1-24-8-18(9-24)10-25(11-18)17(26)27-14-5-3-2-4-12(14)22-23-13-6-7-15(19)21-16(13)20/h2-7H,8-11H2,1H3,(H4,19,20,21). The summed E-state index contributed by atoms with van der Waals surface area (Å²) in [7, 11) is 2.08. The quantitative estimate of drug-likeness (QED) is 0.803. The summed E-state index contributed by atoms with van der Waals surface area (Å²) >= 11 is 0. The first-order valence-electron chi connectivity index (χ1n) is 8.62.